The molecule has 6 heteroatoms. The summed E-state index contributed by atoms with van der Waals surface area (Å²) in [5.74, 6) is 0. The Hall–Kier alpha value is -0.170. The quantitative estimate of drug-likeness (QED) is 0.0381. The van der Waals surface area contributed by atoms with E-state index in [1.165, 1.54) is 212 Å². The normalized spacial score (nSPS) is 13.0. The van der Waals surface area contributed by atoms with E-state index in [-0.39, 0.29) is 6.15 Å². The molecule has 4 N–H and O–H groups in total. The summed E-state index contributed by atoms with van der Waals surface area (Å²) in [5.41, 5.74) is -0.834. The summed E-state index contributed by atoms with van der Waals surface area (Å²) in [6, 6.07) is 0. The molecule has 0 amide bonds. The highest BCUT2D eigenvalue weighted by Crippen LogP contribution is 2.28. The maximum Gasteiger partial charge on any atom is 0.218 e. The summed E-state index contributed by atoms with van der Waals surface area (Å²) in [6.45, 7) is 6.26. The molecule has 0 aliphatic heterocycles. The minimum absolute atomic E-state index is 0. The van der Waals surface area contributed by atoms with Crippen LogP contribution in [-0.2, 0) is 14.6 Å². The number of rotatable bonds is 43. The fourth-order valence-electron chi connectivity index (χ4n) is 7.79. The summed E-state index contributed by atoms with van der Waals surface area (Å²) < 4.78 is 38.7. The Labute approximate surface area is 322 Å². The molecule has 0 fully saturated rings. The van der Waals surface area contributed by atoms with Gasteiger partial charge in [-0.25, -0.2) is 8.42 Å². The van der Waals surface area contributed by atoms with Gasteiger partial charge in [-0.3, -0.25) is 4.18 Å². The third-order valence-corrected chi connectivity index (χ3v) is 11.8. The van der Waals surface area contributed by atoms with Crippen LogP contribution in [0.5, 0.6) is 0 Å². The summed E-state index contributed by atoms with van der Waals surface area (Å²) in [4.78, 5) is 0. The predicted octanol–water partition coefficient (Wildman–Crippen LogP) is 16.6. The predicted molar refractivity (Wildman–Crippen MR) is 226 cm³/mol. The maximum atomic E-state index is 11.2. The highest BCUT2D eigenvalue weighted by Gasteiger charge is 2.27. The molecule has 0 bridgehead atoms. The molecule has 0 aromatic heterocycles. The maximum absolute atomic E-state index is 11.2. The second-order valence-electron chi connectivity index (χ2n) is 16.5. The van der Waals surface area contributed by atoms with Crippen LogP contribution in [-0.4, -0.2) is 18.6 Å². The summed E-state index contributed by atoms with van der Waals surface area (Å²) in [6.07, 6.45) is 54.7. The lowest BCUT2D eigenvalue weighted by Crippen LogP contribution is -2.31. The standard InChI is InChI=1S/C45H92O4S.H3N/c1-4-6-8-10-11-12-13-14-15-16-17-18-19-20-21-22-23-24-25-26-27-28-29-30-31-32-33-34-35-36-37-38-39-40-42-44-45(3,49-50(46,47)48)43-41-9-7-5-2;/h4-44H2,1-3H3,(H,46,47,48);1H3. The highest BCUT2D eigenvalue weighted by molar-refractivity contribution is 7.80. The van der Waals surface area contributed by atoms with Gasteiger partial charge in [-0.05, 0) is 19.8 Å². The van der Waals surface area contributed by atoms with Gasteiger partial charge in [0.1, 0.15) is 0 Å². The lowest BCUT2D eigenvalue weighted by Gasteiger charge is -2.30. The number of hydrogen-bond acceptors (Lipinski definition) is 4. The van der Waals surface area contributed by atoms with Crippen LogP contribution >= 0.6 is 0 Å². The van der Waals surface area contributed by atoms with Gasteiger partial charge >= 0.3 is 0 Å². The Morgan fingerprint density at radius 2 is 0.510 bits per heavy atom. The molecule has 0 aromatic carbocycles. The van der Waals surface area contributed by atoms with Crippen LogP contribution in [0, 0.1) is 0 Å². The van der Waals surface area contributed by atoms with Gasteiger partial charge in [-0.15, -0.1) is 0 Å². The Bertz CT molecular complexity index is 761. The zero-order valence-corrected chi connectivity index (χ0v) is 36.3. The van der Waals surface area contributed by atoms with Gasteiger partial charge < -0.3 is 10.7 Å². The fourth-order valence-corrected chi connectivity index (χ4v) is 8.45. The van der Waals surface area contributed by atoms with Crippen molar-refractivity contribution in [1.29, 1.82) is 0 Å². The molecule has 0 aromatic rings. The van der Waals surface area contributed by atoms with Gasteiger partial charge in [0.15, 0.2) is 0 Å². The highest BCUT2D eigenvalue weighted by atomic mass is 32.3. The molecule has 0 aliphatic rings. The van der Waals surface area contributed by atoms with E-state index in [1.54, 1.807) is 6.92 Å². The Balaban J connectivity index is 0. The van der Waals surface area contributed by atoms with Crippen LogP contribution in [0.15, 0.2) is 0 Å². The first-order valence-corrected chi connectivity index (χ1v) is 24.3. The second-order valence-corrected chi connectivity index (χ2v) is 17.5. The first kappa shape index (κ1) is 52.9. The minimum atomic E-state index is -4.66. The number of hydrogen-bond donors (Lipinski definition) is 1. The Morgan fingerprint density at radius 3 is 0.686 bits per heavy atom. The molecule has 0 saturated carbocycles. The lowest BCUT2D eigenvalue weighted by molar-refractivity contribution is 0.0560. The zero-order chi connectivity index (χ0) is 36.7. The van der Waals surface area contributed by atoms with E-state index in [9.17, 15) is 13.0 Å². The van der Waals surface area contributed by atoms with E-state index in [0.29, 0.717) is 12.8 Å². The molecule has 0 heterocycles. The molecule has 5 nitrogen and oxygen atoms in total. The number of unbranched alkanes of at least 4 members (excludes halogenated alkanes) is 37. The number of quaternary nitrogens is 1. The van der Waals surface area contributed by atoms with Gasteiger partial charge in [-0.2, -0.15) is 0 Å². The van der Waals surface area contributed by atoms with Gasteiger partial charge in [0, 0.05) is 0 Å². The van der Waals surface area contributed by atoms with Crippen molar-refractivity contribution in [2.75, 3.05) is 0 Å². The van der Waals surface area contributed by atoms with Crippen LogP contribution in [0.1, 0.15) is 284 Å². The van der Waals surface area contributed by atoms with E-state index >= 15 is 0 Å². The molecule has 310 valence electrons. The smallest absolute Gasteiger partial charge is 0.218 e. The monoisotopic (exact) mass is 746 g/mol. The molecule has 51 heavy (non-hydrogen) atoms. The van der Waals surface area contributed by atoms with Crippen molar-refractivity contribution in [3.8, 4) is 0 Å². The molecule has 0 aliphatic carbocycles. The van der Waals surface area contributed by atoms with Gasteiger partial charge in [0.25, 0.3) is 0 Å². The molecular formula is C45H95NO4S. The average Bonchev–Trinajstić information content (AvgIpc) is 3.07. The SMILES string of the molecule is CCCCCCCCCCCCCCCCCCCCCCCCCCCCCCCCCCCCCC(C)(CCCCCC)OS(=O)(=O)[O-].[NH4+]. The van der Waals surface area contributed by atoms with E-state index in [0.717, 1.165) is 38.5 Å². The fraction of sp³-hybridized carbons (Fsp3) is 1.00. The van der Waals surface area contributed by atoms with Gasteiger partial charge in [-0.1, -0.05) is 264 Å². The van der Waals surface area contributed by atoms with Crippen LogP contribution in [0.4, 0.5) is 0 Å². The minimum Gasteiger partial charge on any atom is -0.726 e. The summed E-state index contributed by atoms with van der Waals surface area (Å²) in [5, 5.41) is 0. The molecular weight excluding hydrogens is 651 g/mol. The van der Waals surface area contributed by atoms with Gasteiger partial charge in [0.05, 0.1) is 5.60 Å². The van der Waals surface area contributed by atoms with Crippen LogP contribution in [0.3, 0.4) is 0 Å². The third kappa shape index (κ3) is 44.1. The van der Waals surface area contributed by atoms with Gasteiger partial charge in [0.2, 0.25) is 10.4 Å². The Morgan fingerprint density at radius 1 is 0.353 bits per heavy atom. The van der Waals surface area contributed by atoms with E-state index in [1.807, 2.05) is 0 Å². The van der Waals surface area contributed by atoms with Crippen LogP contribution < -0.4 is 6.15 Å². The summed E-state index contributed by atoms with van der Waals surface area (Å²) >= 11 is 0. The van der Waals surface area contributed by atoms with Crippen LogP contribution in [0.2, 0.25) is 0 Å². The van der Waals surface area contributed by atoms with Crippen molar-refractivity contribution in [3.05, 3.63) is 0 Å². The largest absolute Gasteiger partial charge is 0.726 e. The van der Waals surface area contributed by atoms with Crippen molar-refractivity contribution in [3.63, 3.8) is 0 Å². The van der Waals surface area contributed by atoms with E-state index in [2.05, 4.69) is 13.8 Å². The Kier molecular flexibility index (Phi) is 42.6. The lowest BCUT2D eigenvalue weighted by atomic mass is 9.91. The summed E-state index contributed by atoms with van der Waals surface area (Å²) in [7, 11) is -4.66. The molecule has 1 atom stereocenters. The molecule has 0 rings (SSSR count). The van der Waals surface area contributed by atoms with Crippen molar-refractivity contribution in [2.24, 2.45) is 0 Å². The van der Waals surface area contributed by atoms with Crippen molar-refractivity contribution < 1.29 is 17.2 Å². The molecule has 0 saturated heterocycles. The zero-order valence-electron chi connectivity index (χ0n) is 35.5. The second kappa shape index (κ2) is 41.0. The average molecular weight is 746 g/mol. The third-order valence-electron chi connectivity index (χ3n) is 11.2. The molecule has 0 radical (unpaired) electrons. The topological polar surface area (TPSA) is 103 Å². The van der Waals surface area contributed by atoms with Crippen molar-refractivity contribution in [1.82, 2.24) is 6.15 Å². The molecule has 0 spiro atoms. The van der Waals surface area contributed by atoms with Crippen molar-refractivity contribution in [2.45, 2.75) is 290 Å². The first-order chi connectivity index (χ1) is 24.3. The van der Waals surface area contributed by atoms with E-state index in [4.69, 9.17) is 4.18 Å². The van der Waals surface area contributed by atoms with E-state index < -0.39 is 16.0 Å². The first-order valence-electron chi connectivity index (χ1n) is 23.0. The molecule has 1 unspecified atom stereocenters. The van der Waals surface area contributed by atoms with Crippen LogP contribution in [0.25, 0.3) is 0 Å². The van der Waals surface area contributed by atoms with Crippen molar-refractivity contribution >= 4 is 10.4 Å².